The molecule has 0 aromatic carbocycles. The highest BCUT2D eigenvalue weighted by molar-refractivity contribution is 5.81. The van der Waals surface area contributed by atoms with E-state index in [1.165, 1.54) is 19.3 Å². The Balaban J connectivity index is 1.90. The monoisotopic (exact) mass is 257 g/mol. The number of carbonyl (C=O) groups is 1. The molecule has 1 fully saturated rings. The molecule has 4 heteroatoms. The van der Waals surface area contributed by atoms with Gasteiger partial charge in [-0.15, -0.1) is 0 Å². The molecule has 1 amide bonds. The van der Waals surface area contributed by atoms with E-state index in [0.717, 1.165) is 18.5 Å². The van der Waals surface area contributed by atoms with Crippen LogP contribution in [0.25, 0.3) is 0 Å². The van der Waals surface area contributed by atoms with Crippen LogP contribution in [-0.4, -0.2) is 16.9 Å². The predicted molar refractivity (Wildman–Crippen MR) is 72.1 cm³/mol. The Labute approximate surface area is 113 Å². The summed E-state index contributed by atoms with van der Waals surface area (Å²) in [5, 5.41) is 12.1. The Morgan fingerprint density at radius 2 is 2.21 bits per heavy atom. The van der Waals surface area contributed by atoms with Crippen LogP contribution < -0.4 is 5.32 Å². The average Bonchev–Trinajstić information content (AvgIpc) is 2.47. The number of pyridine rings is 1. The van der Waals surface area contributed by atoms with Gasteiger partial charge >= 0.3 is 0 Å². The zero-order chi connectivity index (χ0) is 13.5. The summed E-state index contributed by atoms with van der Waals surface area (Å²) in [4.78, 5) is 16.3. The van der Waals surface area contributed by atoms with Gasteiger partial charge in [0.1, 0.15) is 5.92 Å². The normalized spacial score (nSPS) is 17.4. The number of hydrogen-bond acceptors (Lipinski definition) is 3. The number of nitriles is 1. The molecular weight excluding hydrogens is 238 g/mol. The van der Waals surface area contributed by atoms with E-state index in [0.29, 0.717) is 6.42 Å². The Hall–Kier alpha value is -1.89. The van der Waals surface area contributed by atoms with Crippen LogP contribution in [0.4, 0.5) is 0 Å². The molecule has 4 nitrogen and oxygen atoms in total. The number of aromatic nitrogens is 1. The third-order valence-electron chi connectivity index (χ3n) is 3.56. The molecule has 0 saturated heterocycles. The zero-order valence-electron chi connectivity index (χ0n) is 11.0. The molecule has 1 heterocycles. The van der Waals surface area contributed by atoms with E-state index < -0.39 is 5.92 Å². The van der Waals surface area contributed by atoms with Crippen LogP contribution in [0.1, 0.15) is 37.8 Å². The molecule has 1 atom stereocenters. The Morgan fingerprint density at radius 3 is 2.84 bits per heavy atom. The molecule has 100 valence electrons. The van der Waals surface area contributed by atoms with E-state index in [9.17, 15) is 4.79 Å². The SMILES string of the molecule is N#CC(Cc1ccccn1)C(=O)NC1CCCCC1. The number of hydrogen-bond donors (Lipinski definition) is 1. The lowest BCUT2D eigenvalue weighted by molar-refractivity contribution is -0.124. The minimum absolute atomic E-state index is 0.153. The summed E-state index contributed by atoms with van der Waals surface area (Å²) in [5.74, 6) is -0.795. The van der Waals surface area contributed by atoms with Crippen molar-refractivity contribution in [2.75, 3.05) is 0 Å². The van der Waals surface area contributed by atoms with Crippen molar-refractivity contribution in [3.05, 3.63) is 30.1 Å². The standard InChI is InChI=1S/C15H19N3O/c16-11-12(10-14-8-4-5-9-17-14)15(19)18-13-6-2-1-3-7-13/h4-5,8-9,12-13H,1-3,6-7,10H2,(H,18,19). The summed E-state index contributed by atoms with van der Waals surface area (Å²) in [7, 11) is 0. The lowest BCUT2D eigenvalue weighted by atomic mass is 9.94. The minimum atomic E-state index is -0.642. The van der Waals surface area contributed by atoms with Gasteiger partial charge in [-0.05, 0) is 25.0 Å². The molecule has 0 radical (unpaired) electrons. The summed E-state index contributed by atoms with van der Waals surface area (Å²) in [6.07, 6.45) is 7.73. The first-order valence-electron chi connectivity index (χ1n) is 6.89. The Morgan fingerprint density at radius 1 is 1.42 bits per heavy atom. The van der Waals surface area contributed by atoms with E-state index in [1.54, 1.807) is 6.20 Å². The van der Waals surface area contributed by atoms with E-state index in [2.05, 4.69) is 16.4 Å². The lowest BCUT2D eigenvalue weighted by Gasteiger charge is -2.23. The molecule has 19 heavy (non-hydrogen) atoms. The number of carbonyl (C=O) groups excluding carboxylic acids is 1. The summed E-state index contributed by atoms with van der Waals surface area (Å²) >= 11 is 0. The second-order valence-electron chi connectivity index (χ2n) is 5.05. The van der Waals surface area contributed by atoms with Gasteiger partial charge in [-0.1, -0.05) is 25.3 Å². The molecule has 1 N–H and O–H groups in total. The predicted octanol–water partition coefficient (Wildman–Crippen LogP) is 2.21. The maximum atomic E-state index is 12.1. The van der Waals surface area contributed by atoms with Crippen LogP contribution in [0.15, 0.2) is 24.4 Å². The molecule has 0 aliphatic heterocycles. The highest BCUT2D eigenvalue weighted by atomic mass is 16.1. The molecule has 0 spiro atoms. The second kappa shape index (κ2) is 6.89. The van der Waals surface area contributed by atoms with Crippen LogP contribution in [0.5, 0.6) is 0 Å². The highest BCUT2D eigenvalue weighted by Crippen LogP contribution is 2.18. The third kappa shape index (κ3) is 4.06. The van der Waals surface area contributed by atoms with Gasteiger partial charge in [0.25, 0.3) is 0 Å². The molecule has 1 aliphatic rings. The molecular formula is C15H19N3O. The molecule has 1 aromatic rings. The third-order valence-corrected chi connectivity index (χ3v) is 3.56. The molecule has 1 saturated carbocycles. The summed E-state index contributed by atoms with van der Waals surface area (Å²) in [5.41, 5.74) is 0.785. The van der Waals surface area contributed by atoms with E-state index in [-0.39, 0.29) is 11.9 Å². The fourth-order valence-corrected chi connectivity index (χ4v) is 2.47. The van der Waals surface area contributed by atoms with E-state index in [4.69, 9.17) is 5.26 Å². The van der Waals surface area contributed by atoms with Crippen LogP contribution in [-0.2, 0) is 11.2 Å². The van der Waals surface area contributed by atoms with Gasteiger partial charge in [0.2, 0.25) is 5.91 Å². The van der Waals surface area contributed by atoms with Crippen molar-refractivity contribution in [1.29, 1.82) is 5.26 Å². The maximum absolute atomic E-state index is 12.1. The van der Waals surface area contributed by atoms with Crippen LogP contribution >= 0.6 is 0 Å². The number of nitrogens with zero attached hydrogens (tertiary/aromatic N) is 2. The first-order chi connectivity index (χ1) is 9.29. The minimum Gasteiger partial charge on any atom is -0.352 e. The van der Waals surface area contributed by atoms with Crippen molar-refractivity contribution in [2.24, 2.45) is 5.92 Å². The topological polar surface area (TPSA) is 65.8 Å². The van der Waals surface area contributed by atoms with E-state index in [1.807, 2.05) is 18.2 Å². The number of rotatable bonds is 4. The van der Waals surface area contributed by atoms with Crippen molar-refractivity contribution in [2.45, 2.75) is 44.6 Å². The highest BCUT2D eigenvalue weighted by Gasteiger charge is 2.23. The summed E-state index contributed by atoms with van der Waals surface area (Å²) in [6.45, 7) is 0. The van der Waals surface area contributed by atoms with E-state index >= 15 is 0 Å². The summed E-state index contributed by atoms with van der Waals surface area (Å²) < 4.78 is 0. The van der Waals surface area contributed by atoms with Crippen LogP contribution in [0.3, 0.4) is 0 Å². The smallest absolute Gasteiger partial charge is 0.237 e. The van der Waals surface area contributed by atoms with Gasteiger partial charge in [-0.25, -0.2) is 0 Å². The number of amides is 1. The summed E-state index contributed by atoms with van der Waals surface area (Å²) in [6, 6.07) is 7.88. The zero-order valence-corrected chi connectivity index (χ0v) is 11.0. The molecule has 2 rings (SSSR count). The van der Waals surface area contributed by atoms with Gasteiger partial charge < -0.3 is 5.32 Å². The fraction of sp³-hybridized carbons (Fsp3) is 0.533. The first-order valence-corrected chi connectivity index (χ1v) is 6.89. The average molecular weight is 257 g/mol. The Bertz CT molecular complexity index is 446. The molecule has 1 unspecified atom stereocenters. The fourth-order valence-electron chi connectivity index (χ4n) is 2.47. The lowest BCUT2D eigenvalue weighted by Crippen LogP contribution is -2.40. The molecule has 1 aliphatic carbocycles. The van der Waals surface area contributed by atoms with Crippen LogP contribution in [0.2, 0.25) is 0 Å². The van der Waals surface area contributed by atoms with Crippen LogP contribution in [0, 0.1) is 17.2 Å². The van der Waals surface area contributed by atoms with Gasteiger partial charge in [-0.2, -0.15) is 5.26 Å². The van der Waals surface area contributed by atoms with Crippen molar-refractivity contribution < 1.29 is 4.79 Å². The quantitative estimate of drug-likeness (QED) is 0.899. The van der Waals surface area contributed by atoms with Crippen molar-refractivity contribution >= 4 is 5.91 Å². The van der Waals surface area contributed by atoms with Gasteiger partial charge in [0, 0.05) is 24.4 Å². The maximum Gasteiger partial charge on any atom is 0.237 e. The Kier molecular flexibility index (Phi) is 4.91. The number of nitrogens with one attached hydrogen (secondary N) is 1. The van der Waals surface area contributed by atoms with Crippen molar-refractivity contribution in [3.8, 4) is 6.07 Å². The molecule has 0 bridgehead atoms. The molecule has 1 aromatic heterocycles. The first kappa shape index (κ1) is 13.5. The van der Waals surface area contributed by atoms with Gasteiger partial charge in [-0.3, -0.25) is 9.78 Å². The largest absolute Gasteiger partial charge is 0.352 e. The van der Waals surface area contributed by atoms with Gasteiger partial charge in [0.15, 0.2) is 0 Å². The van der Waals surface area contributed by atoms with Crippen molar-refractivity contribution in [1.82, 2.24) is 10.3 Å². The van der Waals surface area contributed by atoms with Gasteiger partial charge in [0.05, 0.1) is 6.07 Å². The second-order valence-corrected chi connectivity index (χ2v) is 5.05. The van der Waals surface area contributed by atoms with Crippen molar-refractivity contribution in [3.63, 3.8) is 0 Å².